The normalized spacial score (nSPS) is 20.5. The van der Waals surface area contributed by atoms with Gasteiger partial charge in [0.25, 0.3) is 0 Å². The number of ether oxygens (including phenoxy) is 7. The van der Waals surface area contributed by atoms with Crippen LogP contribution in [0.3, 0.4) is 0 Å². The quantitative estimate of drug-likeness (QED) is 0.0118. The van der Waals surface area contributed by atoms with Gasteiger partial charge in [-0.1, -0.05) is 375 Å². The van der Waals surface area contributed by atoms with Gasteiger partial charge in [0.05, 0.1) is 51.1 Å². The molecule has 0 bridgehead atoms. The maximum Gasteiger partial charge on any atom is 0.470 e. The van der Waals surface area contributed by atoms with Crippen LogP contribution in [0.15, 0.2) is 0 Å². The number of hydrogen-bond acceptors (Lipinski definition) is 20. The van der Waals surface area contributed by atoms with Gasteiger partial charge in [-0.3, -0.25) is 33.3 Å². The zero-order chi connectivity index (χ0) is 87.2. The first-order chi connectivity index (χ1) is 57.6. The van der Waals surface area contributed by atoms with Crippen molar-refractivity contribution in [3.63, 3.8) is 0 Å². The van der Waals surface area contributed by atoms with E-state index in [9.17, 15) is 63.9 Å². The Labute approximate surface area is 721 Å². The van der Waals surface area contributed by atoms with E-state index in [0.29, 0.717) is 51.4 Å². The lowest BCUT2D eigenvalue weighted by atomic mass is 9.95. The number of aliphatic hydroxyl groups is 5. The number of aliphatic hydroxyl groups excluding tert-OH is 5. The topological polar surface area (TPSA) is 359 Å². The van der Waals surface area contributed by atoms with E-state index >= 15 is 4.79 Å². The minimum absolute atomic E-state index is 0.111. The van der Waals surface area contributed by atoms with Crippen LogP contribution in [0.5, 0.6) is 0 Å². The minimum Gasteiger partial charge on any atom is -0.462 e. The largest absolute Gasteiger partial charge is 0.470 e. The van der Waals surface area contributed by atoms with Crippen LogP contribution in [0.1, 0.15) is 465 Å². The Bertz CT molecular complexity index is 2520. The maximum atomic E-state index is 15.1. The fourth-order valence-electron chi connectivity index (χ4n) is 16.4. The maximum absolute atomic E-state index is 15.1. The first-order valence-corrected chi connectivity index (χ1v) is 50.5. The lowest BCUT2D eigenvalue weighted by Crippen LogP contribution is -2.68. The van der Waals surface area contributed by atoms with E-state index in [2.05, 4.69) is 52.2 Å². The summed E-state index contributed by atoms with van der Waals surface area (Å²) in [6.07, 6.45) is 38.1. The molecule has 0 aromatic rings. The Morgan fingerprint density at radius 1 is 0.353 bits per heavy atom. The number of unbranched alkanes of at least 4 members (excludes halogenated alkanes) is 50. The van der Waals surface area contributed by atoms with Crippen molar-refractivity contribution in [1.82, 2.24) is 10.6 Å². The Kier molecular flexibility index (Phi) is 70.2. The summed E-state index contributed by atoms with van der Waals surface area (Å²) in [5, 5.41) is 63.2. The van der Waals surface area contributed by atoms with Gasteiger partial charge in [0.15, 0.2) is 24.8 Å². The summed E-state index contributed by atoms with van der Waals surface area (Å²) in [6.45, 7) is 11.2. The highest BCUT2D eigenvalue weighted by molar-refractivity contribution is 7.46. The van der Waals surface area contributed by atoms with Gasteiger partial charge in [-0.25, -0.2) is 4.57 Å². The number of carbonyl (C=O) groups is 6. The SMILES string of the molecule is CCCCCCCCCCCCCC(=O)O[C@H](CCCCCCCCCCC)CC(=O)O[C@@H]1[C@@H](NC(=O)C[C@@H](CCCCCCCCCCC)OC(=O)CCCCCCCCCCC)[C@H](OC[C@H]2OC(O)[C@H](NC(=O)C[C@H](O)CCCCCCCCCCC)[C@@H](OC(=O)C[C@H](O)CCCCCCCCCCC)[C@@H]2O)O[C@H](CO)[C@H]1OP(=O)(O)O. The van der Waals surface area contributed by atoms with Gasteiger partial charge < -0.3 is 79.1 Å². The number of esters is 4. The second kappa shape index (κ2) is 74.8. The first-order valence-electron chi connectivity index (χ1n) is 49.0. The van der Waals surface area contributed by atoms with Gasteiger partial charge in [0.1, 0.15) is 48.7 Å². The molecule has 2 aliphatic heterocycles. The molecule has 700 valence electrons. The summed E-state index contributed by atoms with van der Waals surface area (Å²) in [5.41, 5.74) is 0. The van der Waals surface area contributed by atoms with Crippen molar-refractivity contribution in [2.24, 2.45) is 0 Å². The predicted molar refractivity (Wildman–Crippen MR) is 470 cm³/mol. The molecular weight excluding hydrogens is 1540 g/mol. The Morgan fingerprint density at radius 2 is 0.664 bits per heavy atom. The minimum atomic E-state index is -5.62. The van der Waals surface area contributed by atoms with Crippen LogP contribution in [-0.2, 0) is 71.0 Å². The van der Waals surface area contributed by atoms with Gasteiger partial charge >= 0.3 is 31.7 Å². The molecule has 2 fully saturated rings. The molecule has 0 aromatic carbocycles. The molecule has 0 aliphatic carbocycles. The number of rotatable bonds is 82. The van der Waals surface area contributed by atoms with Crippen molar-refractivity contribution in [1.29, 1.82) is 0 Å². The average Bonchev–Trinajstić information content (AvgIpc) is 0.784. The third kappa shape index (κ3) is 59.3. The number of nitrogens with one attached hydrogen (secondary N) is 2. The molecule has 1 unspecified atom stereocenters. The third-order valence-corrected chi connectivity index (χ3v) is 24.1. The van der Waals surface area contributed by atoms with Gasteiger partial charge in [-0.15, -0.1) is 0 Å². The average molecular weight is 1720 g/mol. The van der Waals surface area contributed by atoms with Crippen molar-refractivity contribution >= 4 is 43.5 Å². The summed E-state index contributed by atoms with van der Waals surface area (Å²) in [6, 6.07) is -3.47. The molecule has 2 amide bonds. The summed E-state index contributed by atoms with van der Waals surface area (Å²) in [5.74, 6) is -4.56. The van der Waals surface area contributed by atoms with Crippen LogP contribution in [-0.4, -0.2) is 170 Å². The zero-order valence-electron chi connectivity index (χ0n) is 75.9. The standard InChI is InChI=1S/C94H177N2O22P/c1-7-13-19-25-31-37-38-44-50-56-62-68-84(103)113-78(66-60-54-48-42-35-29-23-17-11-5)72-86(105)117-92-88(96-82(101)71-77(65-59-53-47-41-34-28-22-16-10-4)112-83(102)67-61-55-49-43-36-30-24-18-12-6)94(115-79(73-97)90(92)118-119(108,109)110)111-74-80-89(106)91(116-85(104)70-76(99)64-58-52-46-40-33-27-21-15-9-3)87(93(107)114-80)95-81(100)69-75(98)63-57-51-45-39-32-26-20-14-8-2/h75-80,87-94,97-99,106-107H,7-74H2,1-6H3,(H,95,100)(H,96,101)(H2,108,109,110)/t75-,76-,77-,78-,79-,80-,87-,88-,89-,90-,91-,92-,93?,94-/m1/s1. The number of amides is 2. The summed E-state index contributed by atoms with van der Waals surface area (Å²) in [4.78, 5) is 107. The molecule has 119 heavy (non-hydrogen) atoms. The zero-order valence-corrected chi connectivity index (χ0v) is 76.8. The van der Waals surface area contributed by atoms with Crippen LogP contribution in [0.4, 0.5) is 0 Å². The number of carbonyl (C=O) groups excluding carboxylic acids is 6. The number of hydrogen-bond donors (Lipinski definition) is 9. The second-order valence-electron chi connectivity index (χ2n) is 35.0. The molecular formula is C94H177N2O22P. The molecule has 2 heterocycles. The number of phosphoric ester groups is 1. The Balaban J connectivity index is 2.73. The lowest BCUT2D eigenvalue weighted by Gasteiger charge is -2.46. The summed E-state index contributed by atoms with van der Waals surface area (Å²) in [7, 11) is -5.62. The molecule has 24 nitrogen and oxygen atoms in total. The van der Waals surface area contributed by atoms with Crippen molar-refractivity contribution in [2.45, 2.75) is 551 Å². The molecule has 2 aliphatic rings. The Hall–Kier alpha value is -3.39. The Morgan fingerprint density at radius 3 is 1.03 bits per heavy atom. The molecule has 14 atom stereocenters. The van der Waals surface area contributed by atoms with E-state index in [4.69, 9.17) is 37.7 Å². The van der Waals surface area contributed by atoms with Crippen LogP contribution >= 0.6 is 7.82 Å². The highest BCUT2D eigenvalue weighted by Crippen LogP contribution is 2.43. The van der Waals surface area contributed by atoms with E-state index in [-0.39, 0.29) is 25.7 Å². The summed E-state index contributed by atoms with van der Waals surface area (Å²) < 4.78 is 61.8. The first kappa shape index (κ1) is 112. The van der Waals surface area contributed by atoms with Crippen LogP contribution in [0.2, 0.25) is 0 Å². The number of phosphoric acid groups is 1. The monoisotopic (exact) mass is 1720 g/mol. The van der Waals surface area contributed by atoms with E-state index in [0.717, 1.165) is 205 Å². The van der Waals surface area contributed by atoms with E-state index in [1.54, 1.807) is 0 Å². The van der Waals surface area contributed by atoms with Crippen LogP contribution in [0, 0.1) is 0 Å². The van der Waals surface area contributed by atoms with Gasteiger partial charge in [-0.05, 0) is 51.4 Å². The fraction of sp³-hybridized carbons (Fsp3) is 0.936. The van der Waals surface area contributed by atoms with Gasteiger partial charge in [0.2, 0.25) is 11.8 Å². The molecule has 9 N–H and O–H groups in total. The van der Waals surface area contributed by atoms with Crippen molar-refractivity contribution in [3.8, 4) is 0 Å². The summed E-state index contributed by atoms with van der Waals surface area (Å²) >= 11 is 0. The van der Waals surface area contributed by atoms with E-state index in [1.165, 1.54) is 116 Å². The molecule has 0 spiro atoms. The van der Waals surface area contributed by atoms with Crippen molar-refractivity contribution < 1.29 is 106 Å². The van der Waals surface area contributed by atoms with Gasteiger partial charge in [-0.2, -0.15) is 0 Å². The molecule has 2 rings (SSSR count). The lowest BCUT2D eigenvalue weighted by molar-refractivity contribution is -0.298. The molecule has 25 heteroatoms. The smallest absolute Gasteiger partial charge is 0.462 e. The molecule has 0 radical (unpaired) electrons. The van der Waals surface area contributed by atoms with Crippen LogP contribution in [0.25, 0.3) is 0 Å². The van der Waals surface area contributed by atoms with Crippen LogP contribution < -0.4 is 10.6 Å². The molecule has 2 saturated heterocycles. The predicted octanol–water partition coefficient (Wildman–Crippen LogP) is 20.5. The van der Waals surface area contributed by atoms with Crippen molar-refractivity contribution in [3.05, 3.63) is 0 Å². The third-order valence-electron chi connectivity index (χ3n) is 23.6. The molecule has 0 saturated carbocycles. The second-order valence-corrected chi connectivity index (χ2v) is 36.1. The van der Waals surface area contributed by atoms with E-state index < -0.39 is 168 Å². The van der Waals surface area contributed by atoms with Crippen molar-refractivity contribution in [2.75, 3.05) is 13.2 Å². The highest BCUT2D eigenvalue weighted by Gasteiger charge is 2.54. The highest BCUT2D eigenvalue weighted by atomic mass is 31.2. The van der Waals surface area contributed by atoms with E-state index in [1.807, 2.05) is 0 Å². The fourth-order valence-corrected chi connectivity index (χ4v) is 16.9. The molecule has 0 aromatic heterocycles. The van der Waals surface area contributed by atoms with Gasteiger partial charge in [0, 0.05) is 12.8 Å².